The first-order chi connectivity index (χ1) is 43.3. The Morgan fingerprint density at radius 3 is 1.16 bits per heavy atom. The third kappa shape index (κ3) is 15.4. The van der Waals surface area contributed by atoms with Crippen molar-refractivity contribution in [3.8, 4) is 33.8 Å². The second kappa shape index (κ2) is 28.6. The van der Waals surface area contributed by atoms with E-state index in [1.54, 1.807) is 37.2 Å². The molecule has 0 saturated carbocycles. The Morgan fingerprint density at radius 1 is 0.420 bits per heavy atom. The first-order valence-corrected chi connectivity index (χ1v) is 30.0. The molecule has 0 unspecified atom stereocenters. The molecule has 14 rings (SSSR count). The number of morpholine rings is 1. The van der Waals surface area contributed by atoms with Crippen LogP contribution < -0.4 is 16.0 Å². The minimum atomic E-state index is 0.576. The fourth-order valence-electron chi connectivity index (χ4n) is 10.7. The first-order valence-electron chi connectivity index (χ1n) is 30.0. The number of benzene rings is 3. The second-order valence-electron chi connectivity index (χ2n) is 22.2. The largest absolute Gasteiger partial charge is 0.379 e. The zero-order chi connectivity index (χ0) is 59.9. The SMILES string of the molecule is CN(C)CCc1ccc(Nc2nccc(-c3c[nH]c4ncccc34)n2)cc1.CN1CCN(CCc2ccc(Nc3nccc(-c4c[nH]c5ncccc45)n3)cc2)CC1.c1cnc2[nH]cc(-c3ccnc(Nc4ccc(CCN5CCOCC5)cc4)n3)c2c1. The molecule has 88 heavy (non-hydrogen) atoms. The standard InChI is InChI=1S/C24H27N7.C23H24N6O.C21H22N6/c1-30-13-15-31(16-14-30)12-9-18-4-6-19(7-5-18)28-24-26-11-8-22(29-24)21-17-27-23-20(21)3-2-10-25-23;1-2-19-20(16-26-22(19)24-9-1)21-7-10-25-23(28-21)27-18-5-3-17(4-6-18)8-11-29-12-14-30-15-13-29;1-27(2)13-10-15-5-7-16(8-6-15)25-21-23-12-9-19(26-21)18-14-24-20-17(18)4-3-11-22-20/h2-8,10-11,17H,9,12-16H2,1H3,(H,25,27)(H,26,28,29);1-7,9-10,16H,8,11-15H2,(H,24,26)(H,25,27,28);3-9,11-12,14H,10,13H2,1-2H3,(H,22,24)(H,23,25,26). The van der Waals surface area contributed by atoms with Gasteiger partial charge in [0.05, 0.1) is 30.3 Å². The van der Waals surface area contributed by atoms with Crippen molar-refractivity contribution in [2.75, 3.05) is 109 Å². The summed E-state index contributed by atoms with van der Waals surface area (Å²) in [6.07, 6.45) is 19.6. The summed E-state index contributed by atoms with van der Waals surface area (Å²) in [6.45, 7) is 11.6. The number of hydrogen-bond donors (Lipinski definition) is 6. The molecule has 2 aliphatic heterocycles. The molecule has 2 aliphatic rings. The van der Waals surface area contributed by atoms with Crippen LogP contribution in [0.15, 0.2) is 183 Å². The van der Waals surface area contributed by atoms with Crippen LogP contribution in [0.3, 0.4) is 0 Å². The highest BCUT2D eigenvalue weighted by Crippen LogP contribution is 2.30. The molecule has 0 radical (unpaired) electrons. The Balaban J connectivity index is 0.000000129. The molecule has 3 aromatic carbocycles. The molecule has 9 aromatic heterocycles. The number of nitrogens with zero attached hydrogens (tertiary/aromatic N) is 13. The normalized spacial score (nSPS) is 13.9. The van der Waals surface area contributed by atoms with Gasteiger partial charge in [0.1, 0.15) is 16.9 Å². The molecule has 11 heterocycles. The third-order valence-corrected chi connectivity index (χ3v) is 15.8. The molecule has 20 nitrogen and oxygen atoms in total. The smallest absolute Gasteiger partial charge is 0.227 e. The lowest BCUT2D eigenvalue weighted by molar-refractivity contribution is 0.0384. The van der Waals surface area contributed by atoms with Gasteiger partial charge in [-0.3, -0.25) is 4.90 Å². The molecule has 0 amide bonds. The van der Waals surface area contributed by atoms with E-state index in [1.807, 2.05) is 73.2 Å². The van der Waals surface area contributed by atoms with Crippen LogP contribution >= 0.6 is 0 Å². The fourth-order valence-corrected chi connectivity index (χ4v) is 10.7. The average Bonchev–Trinajstić information content (AvgIpc) is 3.99. The lowest BCUT2D eigenvalue weighted by Crippen LogP contribution is -2.45. The molecule has 0 aliphatic carbocycles. The Morgan fingerprint density at radius 2 is 0.784 bits per heavy atom. The number of aromatic amines is 3. The molecule has 0 bridgehead atoms. The highest BCUT2D eigenvalue weighted by molar-refractivity contribution is 5.94. The molecule has 2 fully saturated rings. The number of likely N-dealkylation sites (N-methyl/N-ethyl adjacent to an activating group) is 2. The van der Waals surface area contributed by atoms with Crippen molar-refractivity contribution in [1.82, 2.24) is 79.4 Å². The molecular weight excluding hydrogens is 1100 g/mol. The Labute approximate surface area is 512 Å². The summed E-state index contributed by atoms with van der Waals surface area (Å²) in [7, 11) is 6.37. The van der Waals surface area contributed by atoms with Crippen LogP contribution in [0.1, 0.15) is 16.7 Å². The van der Waals surface area contributed by atoms with Gasteiger partial charge in [-0.05, 0) is 148 Å². The summed E-state index contributed by atoms with van der Waals surface area (Å²) >= 11 is 0. The van der Waals surface area contributed by atoms with Crippen LogP contribution in [0.5, 0.6) is 0 Å². The monoisotopic (exact) mass is 1170 g/mol. The van der Waals surface area contributed by atoms with Crippen molar-refractivity contribution >= 4 is 68.0 Å². The number of rotatable bonds is 18. The van der Waals surface area contributed by atoms with Gasteiger partial charge in [-0.1, -0.05) is 36.4 Å². The Hall–Kier alpha value is -9.83. The highest BCUT2D eigenvalue weighted by Gasteiger charge is 2.16. The number of hydrogen-bond acceptors (Lipinski definition) is 17. The molecule has 6 N–H and O–H groups in total. The number of aromatic nitrogens is 12. The van der Waals surface area contributed by atoms with E-state index in [0.29, 0.717) is 17.8 Å². The van der Waals surface area contributed by atoms with Gasteiger partial charge in [0, 0.05) is 165 Å². The first kappa shape index (κ1) is 58.5. The van der Waals surface area contributed by atoms with E-state index >= 15 is 0 Å². The summed E-state index contributed by atoms with van der Waals surface area (Å²) in [6, 6.07) is 43.1. The summed E-state index contributed by atoms with van der Waals surface area (Å²) in [5, 5.41) is 13.1. The lowest BCUT2D eigenvalue weighted by atomic mass is 10.1. The fraction of sp³-hybridized carbons (Fsp3) is 0.250. The summed E-state index contributed by atoms with van der Waals surface area (Å²) in [4.78, 5) is 59.4. The van der Waals surface area contributed by atoms with Gasteiger partial charge in [-0.15, -0.1) is 0 Å². The maximum Gasteiger partial charge on any atom is 0.227 e. The van der Waals surface area contributed by atoms with E-state index in [1.165, 1.54) is 16.7 Å². The van der Waals surface area contributed by atoms with Crippen molar-refractivity contribution in [2.24, 2.45) is 0 Å². The maximum atomic E-state index is 5.41. The third-order valence-electron chi connectivity index (χ3n) is 15.8. The molecule has 0 atom stereocenters. The maximum absolute atomic E-state index is 5.41. The van der Waals surface area contributed by atoms with Crippen molar-refractivity contribution in [3.63, 3.8) is 0 Å². The zero-order valence-corrected chi connectivity index (χ0v) is 49.9. The van der Waals surface area contributed by atoms with E-state index in [2.05, 4.69) is 179 Å². The van der Waals surface area contributed by atoms with E-state index in [0.717, 1.165) is 175 Å². The van der Waals surface area contributed by atoms with Gasteiger partial charge in [0.2, 0.25) is 17.8 Å². The van der Waals surface area contributed by atoms with Gasteiger partial charge in [0.25, 0.3) is 0 Å². The minimum Gasteiger partial charge on any atom is -0.379 e. The molecule has 20 heteroatoms. The summed E-state index contributed by atoms with van der Waals surface area (Å²) in [5.41, 5.74) is 15.1. The number of piperazine rings is 1. The van der Waals surface area contributed by atoms with Crippen LogP contribution in [0, 0.1) is 0 Å². The number of anilines is 6. The van der Waals surface area contributed by atoms with Crippen molar-refractivity contribution in [1.29, 1.82) is 0 Å². The number of ether oxygens (including phenoxy) is 1. The predicted molar refractivity (Wildman–Crippen MR) is 351 cm³/mol. The summed E-state index contributed by atoms with van der Waals surface area (Å²) in [5.74, 6) is 1.74. The number of pyridine rings is 3. The van der Waals surface area contributed by atoms with Crippen LogP contribution in [0.2, 0.25) is 0 Å². The van der Waals surface area contributed by atoms with E-state index < -0.39 is 0 Å². The molecule has 0 spiro atoms. The Kier molecular flexibility index (Phi) is 19.0. The second-order valence-corrected chi connectivity index (χ2v) is 22.2. The van der Waals surface area contributed by atoms with Crippen LogP contribution in [-0.4, -0.2) is 173 Å². The van der Waals surface area contributed by atoms with Gasteiger partial charge in [-0.2, -0.15) is 0 Å². The summed E-state index contributed by atoms with van der Waals surface area (Å²) < 4.78 is 5.41. The number of fused-ring (bicyclic) bond motifs is 3. The van der Waals surface area contributed by atoms with Crippen LogP contribution in [0.4, 0.5) is 34.9 Å². The quantitative estimate of drug-likeness (QED) is 0.0470. The van der Waals surface area contributed by atoms with Gasteiger partial charge >= 0.3 is 0 Å². The van der Waals surface area contributed by atoms with E-state index in [4.69, 9.17) is 14.7 Å². The molecule has 12 aromatic rings. The van der Waals surface area contributed by atoms with Crippen LogP contribution in [0.25, 0.3) is 66.9 Å². The van der Waals surface area contributed by atoms with Crippen LogP contribution in [-0.2, 0) is 24.0 Å². The zero-order valence-electron chi connectivity index (χ0n) is 49.9. The van der Waals surface area contributed by atoms with Gasteiger partial charge in [0.15, 0.2) is 0 Å². The predicted octanol–water partition coefficient (Wildman–Crippen LogP) is 11.1. The minimum absolute atomic E-state index is 0.576. The average molecular weight is 1170 g/mol. The van der Waals surface area contributed by atoms with Crippen molar-refractivity contribution in [3.05, 3.63) is 200 Å². The number of nitrogens with one attached hydrogen (secondary N) is 6. The van der Waals surface area contributed by atoms with Gasteiger partial charge in [-0.25, -0.2) is 44.9 Å². The van der Waals surface area contributed by atoms with E-state index in [-0.39, 0.29) is 0 Å². The lowest BCUT2D eigenvalue weighted by Gasteiger charge is -2.32. The topological polar surface area (TPSA) is 222 Å². The van der Waals surface area contributed by atoms with Gasteiger partial charge < -0.3 is 50.3 Å². The van der Waals surface area contributed by atoms with Crippen molar-refractivity contribution in [2.45, 2.75) is 19.3 Å². The number of H-pyrrole nitrogens is 3. The molecule has 2 saturated heterocycles. The molecule has 446 valence electrons. The molecular formula is C68H73N19O. The van der Waals surface area contributed by atoms with Crippen molar-refractivity contribution < 1.29 is 4.74 Å². The van der Waals surface area contributed by atoms with E-state index in [9.17, 15) is 0 Å². The Bertz CT molecular complexity index is 4150. The highest BCUT2D eigenvalue weighted by atomic mass is 16.5.